The number of aromatic amines is 1. The molecule has 1 amide bonds. The second-order valence-corrected chi connectivity index (χ2v) is 8.56. The van der Waals surface area contributed by atoms with Gasteiger partial charge in [-0.1, -0.05) is 24.3 Å². The fraction of sp³-hybridized carbons (Fsp3) is 0.360. The van der Waals surface area contributed by atoms with E-state index >= 15 is 0 Å². The number of hydrogen-bond acceptors (Lipinski definition) is 6. The van der Waals surface area contributed by atoms with Gasteiger partial charge < -0.3 is 19.9 Å². The van der Waals surface area contributed by atoms with Gasteiger partial charge in [0.15, 0.2) is 0 Å². The van der Waals surface area contributed by atoms with Gasteiger partial charge in [-0.3, -0.25) is 9.59 Å². The summed E-state index contributed by atoms with van der Waals surface area (Å²) in [6.45, 7) is 4.07. The van der Waals surface area contributed by atoms with Gasteiger partial charge in [-0.05, 0) is 31.9 Å². The van der Waals surface area contributed by atoms with Gasteiger partial charge in [-0.2, -0.15) is 0 Å². The maximum atomic E-state index is 14.7. The van der Waals surface area contributed by atoms with E-state index in [9.17, 15) is 22.8 Å². The smallest absolute Gasteiger partial charge is 0.266 e. The van der Waals surface area contributed by atoms with Crippen LogP contribution in [0.1, 0.15) is 48.3 Å². The third kappa shape index (κ3) is 5.11. The largest absolute Gasteiger partial charge is 0.375 e. The Bertz CT molecular complexity index is 1390. The molecule has 0 saturated carbocycles. The van der Waals surface area contributed by atoms with Crippen LogP contribution >= 0.6 is 0 Å². The molecule has 0 spiro atoms. The van der Waals surface area contributed by atoms with Crippen LogP contribution in [0.25, 0.3) is 16.6 Å². The predicted molar refractivity (Wildman–Crippen MR) is 129 cm³/mol. The number of rotatable bonds is 7. The molecule has 0 fully saturated rings. The van der Waals surface area contributed by atoms with Crippen LogP contribution in [0.5, 0.6) is 0 Å². The second kappa shape index (κ2) is 10.5. The minimum Gasteiger partial charge on any atom is -0.375 e. The van der Waals surface area contributed by atoms with Crippen molar-refractivity contribution in [3.05, 3.63) is 69.0 Å². The normalized spacial score (nSPS) is 14.8. The third-order valence-corrected chi connectivity index (χ3v) is 6.11. The molecule has 0 aliphatic carbocycles. The first-order valence-corrected chi connectivity index (χ1v) is 11.4. The standard InChI is InChI=1S/C25H26F3N5O3/c1-13(16-5-4-6-17(21(16)26)22(27)28)29-23-19-11-18(25(35)32-24(19)31-14(2)30-23)15-7-9-33(10-8-15)20(34)12-36-3/h4-7,11,13,22H,8-10,12H2,1-3H3,(H2,29,30,31,32,35)/t13-/m1/s1. The maximum Gasteiger partial charge on any atom is 0.266 e. The Labute approximate surface area is 205 Å². The molecule has 1 aliphatic rings. The molecule has 2 N–H and O–H groups in total. The lowest BCUT2D eigenvalue weighted by atomic mass is 9.99. The second-order valence-electron chi connectivity index (χ2n) is 8.56. The lowest BCUT2D eigenvalue weighted by molar-refractivity contribution is -0.134. The number of methoxy groups -OCH3 is 1. The number of aromatic nitrogens is 3. The molecule has 1 aromatic carbocycles. The van der Waals surface area contributed by atoms with Crippen LogP contribution in [0.3, 0.4) is 0 Å². The summed E-state index contributed by atoms with van der Waals surface area (Å²) in [4.78, 5) is 38.1. The molecule has 1 aliphatic heterocycles. The molecule has 2 aromatic heterocycles. The average molecular weight is 502 g/mol. The van der Waals surface area contributed by atoms with E-state index in [0.717, 1.165) is 11.6 Å². The number of carbonyl (C=O) groups excluding carboxylic acids is 1. The minimum atomic E-state index is -2.93. The first-order valence-electron chi connectivity index (χ1n) is 11.4. The summed E-state index contributed by atoms with van der Waals surface area (Å²) < 4.78 is 46.0. The maximum absolute atomic E-state index is 14.7. The number of halogens is 3. The number of aryl methyl sites for hydroxylation is 1. The summed E-state index contributed by atoms with van der Waals surface area (Å²) in [5.41, 5.74) is 0.543. The summed E-state index contributed by atoms with van der Waals surface area (Å²) in [6, 6.07) is 4.83. The minimum absolute atomic E-state index is 0.00947. The molecule has 190 valence electrons. The van der Waals surface area contributed by atoms with E-state index in [0.29, 0.717) is 47.7 Å². The van der Waals surface area contributed by atoms with Crippen molar-refractivity contribution in [1.82, 2.24) is 19.9 Å². The topological polar surface area (TPSA) is 100 Å². The van der Waals surface area contributed by atoms with Gasteiger partial charge in [-0.15, -0.1) is 0 Å². The summed E-state index contributed by atoms with van der Waals surface area (Å²) in [6.07, 6.45) is -0.637. The molecule has 0 bridgehead atoms. The van der Waals surface area contributed by atoms with Gasteiger partial charge in [-0.25, -0.2) is 23.1 Å². The zero-order valence-electron chi connectivity index (χ0n) is 20.1. The molecule has 3 aromatic rings. The lowest BCUT2D eigenvalue weighted by Gasteiger charge is -2.26. The molecule has 0 unspecified atom stereocenters. The molecule has 4 rings (SSSR count). The number of nitrogens with zero attached hydrogens (tertiary/aromatic N) is 3. The summed E-state index contributed by atoms with van der Waals surface area (Å²) in [5, 5.41) is 3.58. The van der Waals surface area contributed by atoms with Crippen molar-refractivity contribution in [3.63, 3.8) is 0 Å². The van der Waals surface area contributed by atoms with Gasteiger partial charge in [0.25, 0.3) is 12.0 Å². The van der Waals surface area contributed by atoms with E-state index in [1.165, 1.54) is 19.2 Å². The van der Waals surface area contributed by atoms with E-state index in [1.54, 1.807) is 24.8 Å². The molecule has 8 nitrogen and oxygen atoms in total. The Morgan fingerprint density at radius 3 is 2.69 bits per heavy atom. The van der Waals surface area contributed by atoms with Crippen molar-refractivity contribution in [2.24, 2.45) is 0 Å². The summed E-state index contributed by atoms with van der Waals surface area (Å²) in [7, 11) is 1.46. The van der Waals surface area contributed by atoms with Crippen molar-refractivity contribution in [3.8, 4) is 0 Å². The highest BCUT2D eigenvalue weighted by molar-refractivity contribution is 5.89. The molecule has 1 atom stereocenters. The van der Waals surface area contributed by atoms with Crippen LogP contribution in [0, 0.1) is 12.7 Å². The first kappa shape index (κ1) is 25.4. The first-order chi connectivity index (χ1) is 17.2. The highest BCUT2D eigenvalue weighted by Crippen LogP contribution is 2.31. The van der Waals surface area contributed by atoms with Gasteiger partial charge in [0.1, 0.15) is 29.7 Å². The Morgan fingerprint density at radius 1 is 1.28 bits per heavy atom. The van der Waals surface area contributed by atoms with Crippen LogP contribution in [0.15, 0.2) is 35.1 Å². The number of benzene rings is 1. The van der Waals surface area contributed by atoms with Crippen LogP contribution in [-0.2, 0) is 9.53 Å². The van der Waals surface area contributed by atoms with E-state index in [2.05, 4.69) is 20.3 Å². The zero-order valence-corrected chi connectivity index (χ0v) is 20.1. The van der Waals surface area contributed by atoms with Gasteiger partial charge in [0.2, 0.25) is 5.91 Å². The Kier molecular flexibility index (Phi) is 7.39. The number of H-pyrrole nitrogens is 1. The number of anilines is 1. The fourth-order valence-electron chi connectivity index (χ4n) is 4.26. The highest BCUT2D eigenvalue weighted by Gasteiger charge is 2.22. The van der Waals surface area contributed by atoms with E-state index in [-0.39, 0.29) is 23.6 Å². The van der Waals surface area contributed by atoms with Crippen molar-refractivity contribution in [1.29, 1.82) is 0 Å². The highest BCUT2D eigenvalue weighted by atomic mass is 19.3. The number of nitrogens with one attached hydrogen (secondary N) is 2. The Balaban J connectivity index is 1.69. The molecular weight excluding hydrogens is 475 g/mol. The number of carbonyl (C=O) groups is 1. The molecular formula is C25H26F3N5O3. The van der Waals surface area contributed by atoms with Crippen LogP contribution in [0.2, 0.25) is 0 Å². The van der Waals surface area contributed by atoms with Gasteiger partial charge >= 0.3 is 0 Å². The zero-order chi connectivity index (χ0) is 26.0. The number of alkyl halides is 2. The van der Waals surface area contributed by atoms with Gasteiger partial charge in [0.05, 0.1) is 17.0 Å². The summed E-state index contributed by atoms with van der Waals surface area (Å²) >= 11 is 0. The third-order valence-electron chi connectivity index (χ3n) is 6.11. The van der Waals surface area contributed by atoms with E-state index in [1.807, 2.05) is 6.08 Å². The van der Waals surface area contributed by atoms with Crippen molar-refractivity contribution < 1.29 is 22.7 Å². The van der Waals surface area contributed by atoms with E-state index in [4.69, 9.17) is 4.74 Å². The number of fused-ring (bicyclic) bond motifs is 1. The van der Waals surface area contributed by atoms with Crippen molar-refractivity contribution >= 4 is 28.3 Å². The summed E-state index contributed by atoms with van der Waals surface area (Å²) in [5.74, 6) is -0.409. The van der Waals surface area contributed by atoms with Gasteiger partial charge in [0, 0.05) is 31.3 Å². The van der Waals surface area contributed by atoms with Crippen molar-refractivity contribution in [2.45, 2.75) is 32.7 Å². The molecule has 0 saturated heterocycles. The van der Waals surface area contributed by atoms with Crippen LogP contribution in [0.4, 0.5) is 19.0 Å². The number of amides is 1. The van der Waals surface area contributed by atoms with Crippen LogP contribution < -0.4 is 10.9 Å². The quantitative estimate of drug-likeness (QED) is 0.505. The SMILES string of the molecule is COCC(=O)N1CC=C(c2cc3c(N[C@H](C)c4cccc(C(F)F)c4F)nc(C)nc3[nH]c2=O)CC1. The fourth-order valence-corrected chi connectivity index (χ4v) is 4.26. The molecule has 3 heterocycles. The molecule has 36 heavy (non-hydrogen) atoms. The number of pyridine rings is 1. The van der Waals surface area contributed by atoms with E-state index < -0.39 is 23.8 Å². The molecule has 11 heteroatoms. The average Bonchev–Trinajstić information content (AvgIpc) is 2.83. The van der Waals surface area contributed by atoms with Crippen molar-refractivity contribution in [2.75, 3.05) is 32.1 Å². The monoisotopic (exact) mass is 501 g/mol. The Hall–Kier alpha value is -3.73. The van der Waals surface area contributed by atoms with Crippen LogP contribution in [-0.4, -0.2) is 52.6 Å². The Morgan fingerprint density at radius 2 is 2.03 bits per heavy atom. The number of ether oxygens (including phenoxy) is 1. The lowest BCUT2D eigenvalue weighted by Crippen LogP contribution is -2.37. The predicted octanol–water partition coefficient (Wildman–Crippen LogP) is 4.14. The number of hydrogen-bond donors (Lipinski definition) is 2. The molecule has 0 radical (unpaired) electrons.